The van der Waals surface area contributed by atoms with Crippen molar-refractivity contribution in [3.05, 3.63) is 0 Å². The van der Waals surface area contributed by atoms with Crippen LogP contribution in [0.4, 0.5) is 13.2 Å². The number of hydrogen-bond donors (Lipinski definition) is 2. The van der Waals surface area contributed by atoms with Crippen molar-refractivity contribution in [2.45, 2.75) is 38.0 Å². The first-order valence-corrected chi connectivity index (χ1v) is 3.67. The molecule has 0 amide bonds. The molecule has 0 radical (unpaired) electrons. The molecule has 1 unspecified atom stereocenters. The van der Waals surface area contributed by atoms with Crippen molar-refractivity contribution in [2.24, 2.45) is 0 Å². The SMILES string of the molecule is CC(O)(CO)CCCC(F)(F)F. The fourth-order valence-corrected chi connectivity index (χ4v) is 0.749. The van der Waals surface area contributed by atoms with Gasteiger partial charge in [-0.3, -0.25) is 0 Å². The lowest BCUT2D eigenvalue weighted by Gasteiger charge is -2.20. The third-order valence-corrected chi connectivity index (χ3v) is 1.52. The molecule has 0 heterocycles. The van der Waals surface area contributed by atoms with Gasteiger partial charge in [0.2, 0.25) is 0 Å². The second kappa shape index (κ2) is 4.09. The van der Waals surface area contributed by atoms with Crippen LogP contribution in [0.1, 0.15) is 26.2 Å². The highest BCUT2D eigenvalue weighted by Crippen LogP contribution is 2.24. The van der Waals surface area contributed by atoms with Crippen molar-refractivity contribution in [1.82, 2.24) is 0 Å². The van der Waals surface area contributed by atoms with Crippen molar-refractivity contribution < 1.29 is 23.4 Å². The van der Waals surface area contributed by atoms with Gasteiger partial charge in [-0.15, -0.1) is 0 Å². The minimum absolute atomic E-state index is 0.0387. The molecule has 1 atom stereocenters. The molecule has 0 aliphatic heterocycles. The van der Waals surface area contributed by atoms with Crippen LogP contribution in [0.2, 0.25) is 0 Å². The number of halogens is 3. The first-order chi connectivity index (χ1) is 5.27. The second-order valence-electron chi connectivity index (χ2n) is 3.12. The predicted molar refractivity (Wildman–Crippen MR) is 37.6 cm³/mol. The van der Waals surface area contributed by atoms with Crippen LogP contribution in [-0.4, -0.2) is 28.6 Å². The van der Waals surface area contributed by atoms with E-state index in [0.29, 0.717) is 0 Å². The lowest BCUT2D eigenvalue weighted by molar-refractivity contribution is -0.138. The van der Waals surface area contributed by atoms with E-state index in [1.54, 1.807) is 0 Å². The number of aliphatic hydroxyl groups is 2. The van der Waals surface area contributed by atoms with Crippen LogP contribution in [0.3, 0.4) is 0 Å². The van der Waals surface area contributed by atoms with Crippen molar-refractivity contribution >= 4 is 0 Å². The summed E-state index contributed by atoms with van der Waals surface area (Å²) in [6, 6.07) is 0. The van der Waals surface area contributed by atoms with Crippen LogP contribution < -0.4 is 0 Å². The average molecular weight is 186 g/mol. The maximum absolute atomic E-state index is 11.6. The molecule has 0 aliphatic rings. The standard InChI is InChI=1S/C7H13F3O2/c1-6(12,5-11)3-2-4-7(8,9)10/h11-12H,2-5H2,1H3. The van der Waals surface area contributed by atoms with E-state index in [1.165, 1.54) is 6.92 Å². The van der Waals surface area contributed by atoms with Gasteiger partial charge < -0.3 is 10.2 Å². The zero-order valence-corrected chi connectivity index (χ0v) is 6.86. The van der Waals surface area contributed by atoms with E-state index in [9.17, 15) is 13.2 Å². The third-order valence-electron chi connectivity index (χ3n) is 1.52. The Morgan fingerprint density at radius 1 is 1.17 bits per heavy atom. The Bertz CT molecular complexity index is 131. The Balaban J connectivity index is 3.57. The monoisotopic (exact) mass is 186 g/mol. The zero-order chi connectivity index (χ0) is 9.83. The van der Waals surface area contributed by atoms with E-state index in [0.717, 1.165) is 0 Å². The van der Waals surface area contributed by atoms with Crippen LogP contribution in [0.15, 0.2) is 0 Å². The lowest BCUT2D eigenvalue weighted by atomic mass is 10.0. The zero-order valence-electron chi connectivity index (χ0n) is 6.86. The summed E-state index contributed by atoms with van der Waals surface area (Å²) in [6.45, 7) is 0.800. The van der Waals surface area contributed by atoms with Crippen molar-refractivity contribution in [3.63, 3.8) is 0 Å². The molecule has 2 N–H and O–H groups in total. The van der Waals surface area contributed by atoms with E-state index in [4.69, 9.17) is 10.2 Å². The van der Waals surface area contributed by atoms with E-state index in [-0.39, 0.29) is 12.8 Å². The highest BCUT2D eigenvalue weighted by atomic mass is 19.4. The Hall–Kier alpha value is -0.290. The van der Waals surface area contributed by atoms with Gasteiger partial charge in [-0.2, -0.15) is 13.2 Å². The normalized spacial score (nSPS) is 17.5. The van der Waals surface area contributed by atoms with Gasteiger partial charge in [-0.05, 0) is 19.8 Å². The smallest absolute Gasteiger partial charge is 0.389 e. The summed E-state index contributed by atoms with van der Waals surface area (Å²) >= 11 is 0. The van der Waals surface area contributed by atoms with E-state index >= 15 is 0 Å². The summed E-state index contributed by atoms with van der Waals surface area (Å²) in [6.07, 6.45) is -5.28. The minimum atomic E-state index is -4.18. The van der Waals surface area contributed by atoms with Gasteiger partial charge in [-0.1, -0.05) is 0 Å². The maximum atomic E-state index is 11.6. The topological polar surface area (TPSA) is 40.5 Å². The molecule has 74 valence electrons. The molecule has 0 aromatic rings. The Morgan fingerprint density at radius 3 is 2.00 bits per heavy atom. The fraction of sp³-hybridized carbons (Fsp3) is 1.00. The summed E-state index contributed by atoms with van der Waals surface area (Å²) in [5, 5.41) is 17.6. The van der Waals surface area contributed by atoms with Gasteiger partial charge in [0.15, 0.2) is 0 Å². The molecule has 0 bridgehead atoms. The van der Waals surface area contributed by atoms with Crippen molar-refractivity contribution in [2.75, 3.05) is 6.61 Å². The molecular formula is C7H13F3O2. The highest BCUT2D eigenvalue weighted by molar-refractivity contribution is 4.71. The van der Waals surface area contributed by atoms with Crippen LogP contribution >= 0.6 is 0 Å². The molecule has 2 nitrogen and oxygen atoms in total. The summed E-state index contributed by atoms with van der Waals surface area (Å²) < 4.78 is 34.8. The summed E-state index contributed by atoms with van der Waals surface area (Å²) in [4.78, 5) is 0. The molecule has 5 heteroatoms. The molecular weight excluding hydrogens is 173 g/mol. The molecule has 0 spiro atoms. The minimum Gasteiger partial charge on any atom is -0.393 e. The molecule has 0 saturated carbocycles. The molecule has 0 rings (SSSR count). The largest absolute Gasteiger partial charge is 0.393 e. The molecule has 0 saturated heterocycles. The lowest BCUT2D eigenvalue weighted by Crippen LogP contribution is -2.29. The Morgan fingerprint density at radius 2 is 1.67 bits per heavy atom. The average Bonchev–Trinajstić information content (AvgIpc) is 1.84. The first kappa shape index (κ1) is 11.7. The molecule has 0 aliphatic carbocycles. The molecule has 12 heavy (non-hydrogen) atoms. The predicted octanol–water partition coefficient (Wildman–Crippen LogP) is 1.46. The quantitative estimate of drug-likeness (QED) is 0.697. The molecule has 0 aromatic carbocycles. The summed E-state index contributed by atoms with van der Waals surface area (Å²) in [7, 11) is 0. The van der Waals surface area contributed by atoms with Gasteiger partial charge in [0.25, 0.3) is 0 Å². The maximum Gasteiger partial charge on any atom is 0.389 e. The fourth-order valence-electron chi connectivity index (χ4n) is 0.749. The van der Waals surface area contributed by atoms with Crippen LogP contribution in [0.5, 0.6) is 0 Å². The number of rotatable bonds is 4. The van der Waals surface area contributed by atoms with Crippen molar-refractivity contribution in [1.29, 1.82) is 0 Å². The summed E-state index contributed by atoms with van der Waals surface area (Å²) in [5.74, 6) is 0. The van der Waals surface area contributed by atoms with E-state index in [1.807, 2.05) is 0 Å². The first-order valence-electron chi connectivity index (χ1n) is 3.67. The molecule has 0 fully saturated rings. The third kappa shape index (κ3) is 6.42. The van der Waals surface area contributed by atoms with Crippen LogP contribution in [0, 0.1) is 0 Å². The van der Waals surface area contributed by atoms with Gasteiger partial charge in [0, 0.05) is 6.42 Å². The van der Waals surface area contributed by atoms with Gasteiger partial charge in [0.05, 0.1) is 12.2 Å². The Labute approximate surface area is 69.0 Å². The molecule has 0 aromatic heterocycles. The number of alkyl halides is 3. The summed E-state index contributed by atoms with van der Waals surface area (Å²) in [5.41, 5.74) is -1.38. The van der Waals surface area contributed by atoms with Gasteiger partial charge in [-0.25, -0.2) is 0 Å². The Kier molecular flexibility index (Phi) is 3.99. The van der Waals surface area contributed by atoms with Crippen LogP contribution in [0.25, 0.3) is 0 Å². The van der Waals surface area contributed by atoms with Crippen LogP contribution in [-0.2, 0) is 0 Å². The van der Waals surface area contributed by atoms with E-state index < -0.39 is 24.8 Å². The number of aliphatic hydroxyl groups excluding tert-OH is 1. The van der Waals surface area contributed by atoms with Gasteiger partial charge in [0.1, 0.15) is 0 Å². The van der Waals surface area contributed by atoms with Crippen molar-refractivity contribution in [3.8, 4) is 0 Å². The highest BCUT2D eigenvalue weighted by Gasteiger charge is 2.28. The van der Waals surface area contributed by atoms with E-state index in [2.05, 4.69) is 0 Å². The second-order valence-corrected chi connectivity index (χ2v) is 3.12. The number of hydrogen-bond acceptors (Lipinski definition) is 2. The van der Waals surface area contributed by atoms with Gasteiger partial charge >= 0.3 is 6.18 Å².